The summed E-state index contributed by atoms with van der Waals surface area (Å²) in [4.78, 5) is 8.25. The molecule has 0 aliphatic carbocycles. The molecule has 0 saturated carbocycles. The van der Waals surface area contributed by atoms with Crippen LogP contribution in [0.25, 0.3) is 0 Å². The van der Waals surface area contributed by atoms with Gasteiger partial charge in [0.25, 0.3) is 0 Å². The summed E-state index contributed by atoms with van der Waals surface area (Å²) in [5.41, 5.74) is 0. The summed E-state index contributed by atoms with van der Waals surface area (Å²) in [6.07, 6.45) is 0. The molecule has 0 radical (unpaired) electrons. The Balaban J connectivity index is -0.0000000450. The van der Waals surface area contributed by atoms with Crippen molar-refractivity contribution in [2.45, 2.75) is 0 Å². The van der Waals surface area contributed by atoms with E-state index < -0.39 is 5.09 Å². The Morgan fingerprint density at radius 1 is 1.33 bits per heavy atom. The first-order valence-electron chi connectivity index (χ1n) is 0.548. The van der Waals surface area contributed by atoms with Gasteiger partial charge in [0.05, 0.1) is 5.09 Å². The van der Waals surface area contributed by atoms with Gasteiger partial charge < -0.3 is 15.3 Å². The Labute approximate surface area is 97.0 Å². The van der Waals surface area contributed by atoms with Crippen molar-refractivity contribution in [3.05, 3.63) is 15.3 Å². The van der Waals surface area contributed by atoms with E-state index in [9.17, 15) is 0 Å². The van der Waals surface area contributed by atoms with Crippen LogP contribution in [0.5, 0.6) is 0 Å². The first kappa shape index (κ1) is 15.7. The van der Waals surface area contributed by atoms with Gasteiger partial charge >= 0.3 is 78.7 Å². The van der Waals surface area contributed by atoms with Crippen LogP contribution >= 0.6 is 0 Å². The van der Waals surface area contributed by atoms with Gasteiger partial charge in [-0.1, -0.05) is 0 Å². The van der Waals surface area contributed by atoms with Crippen LogP contribution in [0.1, 0.15) is 0 Å². The van der Waals surface area contributed by atoms with E-state index in [0.717, 1.165) is 0 Å². The van der Waals surface area contributed by atoms with Crippen molar-refractivity contribution in [3.8, 4) is 0 Å². The molecule has 4 nitrogen and oxygen atoms in total. The summed E-state index contributed by atoms with van der Waals surface area (Å²) in [5.74, 6) is 0. The van der Waals surface area contributed by atoms with Crippen molar-refractivity contribution in [2.75, 3.05) is 0 Å². The summed E-state index contributed by atoms with van der Waals surface area (Å²) in [5, 5.41) is 14.8. The summed E-state index contributed by atoms with van der Waals surface area (Å²) in [7, 11) is 0. The minimum absolute atomic E-state index is 0. The molecule has 0 atom stereocenters. The molecule has 0 aromatic carbocycles. The van der Waals surface area contributed by atoms with Crippen LogP contribution in [0.2, 0.25) is 0 Å². The largest absolute Gasteiger partial charge is 1.00 e. The van der Waals surface area contributed by atoms with Crippen LogP contribution in [-0.4, -0.2) is 83.8 Å². The maximum absolute atomic E-state index is 8.25. The summed E-state index contributed by atoms with van der Waals surface area (Å²) >= 11 is 0. The molecular formula is HKNO3Tl. The Bertz CT molecular complexity index is 33.8. The third kappa shape index (κ3) is 42.2. The fraction of sp³-hybridized carbons (Fsp3) is 0. The van der Waals surface area contributed by atoms with E-state index >= 15 is 0 Å². The molecular weight excluding hydrogens is 305 g/mol. The molecule has 0 aliphatic rings. The van der Waals surface area contributed by atoms with Crippen molar-refractivity contribution in [2.24, 2.45) is 0 Å². The molecule has 0 aromatic rings. The topological polar surface area (TPSA) is 66.2 Å². The van der Waals surface area contributed by atoms with E-state index in [-0.39, 0.29) is 78.7 Å². The summed E-state index contributed by atoms with van der Waals surface area (Å²) < 4.78 is 0. The van der Waals surface area contributed by atoms with Gasteiger partial charge in [0, 0.05) is 0 Å². The van der Waals surface area contributed by atoms with Crippen molar-refractivity contribution in [1.82, 2.24) is 0 Å². The fourth-order valence-corrected chi connectivity index (χ4v) is 0. The molecule has 28 valence electrons. The second-order valence-corrected chi connectivity index (χ2v) is 0.224. The monoisotopic (exact) mass is 307 g/mol. The van der Waals surface area contributed by atoms with E-state index in [2.05, 4.69) is 0 Å². The van der Waals surface area contributed by atoms with Crippen LogP contribution in [-0.2, 0) is 0 Å². The van der Waals surface area contributed by atoms with Gasteiger partial charge in [-0.3, -0.25) is 0 Å². The minimum Gasteiger partial charge on any atom is 1.00 e. The molecule has 6 heteroatoms. The van der Waals surface area contributed by atoms with Crippen LogP contribution < -0.4 is 0 Å². The number of hydrogen-bond acceptors (Lipinski definition) is 3. The third-order valence-corrected chi connectivity index (χ3v) is 0. The predicted molar refractivity (Wildman–Crippen MR) is 23.3 cm³/mol. The predicted octanol–water partition coefficient (Wildman–Crippen LogP) is -1.27. The van der Waals surface area contributed by atoms with Gasteiger partial charge in [-0.05, 0) is 0 Å². The first-order valence-corrected chi connectivity index (χ1v) is 0.548. The molecule has 6 heavy (non-hydrogen) atoms. The zero-order valence-electron chi connectivity index (χ0n) is 2.25. The van der Waals surface area contributed by atoms with E-state index in [1.807, 2.05) is 0 Å². The molecule has 0 heterocycles. The Morgan fingerprint density at radius 2 is 1.33 bits per heavy atom. The van der Waals surface area contributed by atoms with Gasteiger partial charge in [-0.25, -0.2) is 0 Å². The number of hydrogen-bond donors (Lipinski definition) is 0. The molecule has 0 bridgehead atoms. The molecule has 0 saturated heterocycles. The van der Waals surface area contributed by atoms with Gasteiger partial charge in [0.15, 0.2) is 0 Å². The van der Waals surface area contributed by atoms with E-state index in [0.29, 0.717) is 0 Å². The third-order valence-electron chi connectivity index (χ3n) is 0. The van der Waals surface area contributed by atoms with Crippen molar-refractivity contribution in [1.29, 1.82) is 0 Å². The average Bonchev–Trinajstić information content (AvgIpc) is 0.811. The van der Waals surface area contributed by atoms with Crippen LogP contribution in [0.15, 0.2) is 0 Å². The van der Waals surface area contributed by atoms with Gasteiger partial charge in [0.2, 0.25) is 0 Å². The smallest absolute Gasteiger partial charge is 1.00 e. The molecule has 0 aliphatic heterocycles. The zero-order chi connectivity index (χ0) is 3.58. The average molecular weight is 306 g/mol. The van der Waals surface area contributed by atoms with E-state index in [4.69, 9.17) is 15.3 Å². The standard InChI is InChI=1S/K.NO3.Tl.H/c;2-1(3)4;;/q;-1;+1;. The molecule has 0 fully saturated rings. The minimum atomic E-state index is -1.75. The van der Waals surface area contributed by atoms with E-state index in [1.54, 1.807) is 0 Å². The maximum atomic E-state index is 8.25. The zero-order valence-corrected chi connectivity index (χ0v) is 6.74. The molecule has 0 N–H and O–H groups in total. The first-order chi connectivity index (χ1) is 1.73. The second kappa shape index (κ2) is 9.90. The number of nitrogens with zero attached hydrogens (tertiary/aromatic N) is 1. The van der Waals surface area contributed by atoms with Crippen molar-refractivity contribution < 1.29 is 5.09 Å². The van der Waals surface area contributed by atoms with Crippen LogP contribution in [0, 0.1) is 15.3 Å². The van der Waals surface area contributed by atoms with Crippen molar-refractivity contribution in [3.63, 3.8) is 0 Å². The normalized spacial score (nSPS) is 4.00. The van der Waals surface area contributed by atoms with Crippen LogP contribution in [0.4, 0.5) is 0 Å². The molecule has 0 rings (SSSR count). The van der Waals surface area contributed by atoms with Gasteiger partial charge in [0.1, 0.15) is 0 Å². The summed E-state index contributed by atoms with van der Waals surface area (Å²) in [6, 6.07) is 0. The van der Waals surface area contributed by atoms with Gasteiger partial charge in [-0.2, -0.15) is 0 Å². The second-order valence-electron chi connectivity index (χ2n) is 0.224. The van der Waals surface area contributed by atoms with E-state index in [1.165, 1.54) is 0 Å². The number of rotatable bonds is 0. The molecule has 0 unspecified atom stereocenters. The van der Waals surface area contributed by atoms with Gasteiger partial charge in [-0.15, -0.1) is 0 Å². The molecule has 0 aromatic heterocycles. The van der Waals surface area contributed by atoms with Crippen molar-refractivity contribution >= 4 is 78.7 Å². The maximum Gasteiger partial charge on any atom is 1.00 e. The molecule has 0 amide bonds. The Kier molecular flexibility index (Phi) is 25.8. The molecule has 0 spiro atoms. The SMILES string of the molecule is O=[N+]([O-])[O-].[KH].[Tl+]. The van der Waals surface area contributed by atoms with Crippen LogP contribution in [0.3, 0.4) is 0 Å². The Morgan fingerprint density at radius 3 is 1.33 bits per heavy atom. The summed E-state index contributed by atoms with van der Waals surface area (Å²) in [6.45, 7) is 0. The quantitative estimate of drug-likeness (QED) is 0.318. The fourth-order valence-electron chi connectivity index (χ4n) is 0. The Hall–Kier alpha value is 1.76.